The van der Waals surface area contributed by atoms with E-state index < -0.39 is 0 Å². The van der Waals surface area contributed by atoms with Crippen molar-refractivity contribution in [2.75, 3.05) is 45.7 Å². The Bertz CT molecular complexity index is 384. The number of nitrogens with one attached hydrogen (secondary N) is 1. The maximum absolute atomic E-state index is 5.59. The Morgan fingerprint density at radius 1 is 1.50 bits per heavy atom. The SMILES string of the molecule is CN(C)CCOCCNc1cccnc1C(N)=S. The summed E-state index contributed by atoms with van der Waals surface area (Å²) in [6.45, 7) is 2.99. The zero-order chi connectivity index (χ0) is 13.4. The summed E-state index contributed by atoms with van der Waals surface area (Å²) in [5, 5.41) is 3.21. The second-order valence-corrected chi connectivity index (χ2v) is 4.55. The van der Waals surface area contributed by atoms with Crippen LogP contribution in [-0.2, 0) is 4.74 Å². The van der Waals surface area contributed by atoms with E-state index in [1.54, 1.807) is 6.20 Å². The van der Waals surface area contributed by atoms with Crippen LogP contribution in [0.2, 0.25) is 0 Å². The molecule has 3 N–H and O–H groups in total. The van der Waals surface area contributed by atoms with Gasteiger partial charge in [-0.25, -0.2) is 0 Å². The van der Waals surface area contributed by atoms with Crippen LogP contribution in [0.5, 0.6) is 0 Å². The van der Waals surface area contributed by atoms with Crippen molar-refractivity contribution in [2.45, 2.75) is 0 Å². The number of nitrogens with two attached hydrogens (primary N) is 1. The highest BCUT2D eigenvalue weighted by molar-refractivity contribution is 7.80. The molecule has 0 aliphatic rings. The number of hydrogen-bond acceptors (Lipinski definition) is 5. The highest BCUT2D eigenvalue weighted by atomic mass is 32.1. The molecule has 0 amide bonds. The van der Waals surface area contributed by atoms with Gasteiger partial charge in [-0.3, -0.25) is 4.98 Å². The molecule has 0 bridgehead atoms. The number of ether oxygens (including phenoxy) is 1. The average Bonchev–Trinajstić information content (AvgIpc) is 2.33. The summed E-state index contributed by atoms with van der Waals surface area (Å²) >= 11 is 4.94. The number of pyridine rings is 1. The molecule has 5 nitrogen and oxygen atoms in total. The van der Waals surface area contributed by atoms with Crippen molar-refractivity contribution in [3.63, 3.8) is 0 Å². The lowest BCUT2D eigenvalue weighted by atomic mass is 10.3. The van der Waals surface area contributed by atoms with Crippen LogP contribution in [0.1, 0.15) is 5.69 Å². The van der Waals surface area contributed by atoms with E-state index in [1.807, 2.05) is 26.2 Å². The standard InChI is InChI=1S/C12H20N4OS/c1-16(2)7-9-17-8-6-14-10-4-3-5-15-11(10)12(13)18/h3-5,14H,6-9H2,1-2H3,(H2,13,18). The lowest BCUT2D eigenvalue weighted by Gasteiger charge is -2.12. The van der Waals surface area contributed by atoms with Crippen molar-refractivity contribution >= 4 is 22.9 Å². The molecule has 0 spiro atoms. The van der Waals surface area contributed by atoms with E-state index in [0.717, 1.165) is 18.8 Å². The number of likely N-dealkylation sites (N-methyl/N-ethyl adjacent to an activating group) is 1. The average molecular weight is 268 g/mol. The van der Waals surface area contributed by atoms with Crippen LogP contribution in [0, 0.1) is 0 Å². The molecule has 0 radical (unpaired) electrons. The number of rotatable bonds is 8. The van der Waals surface area contributed by atoms with E-state index >= 15 is 0 Å². The van der Waals surface area contributed by atoms with E-state index in [-0.39, 0.29) is 0 Å². The number of thiocarbonyl (C=S) groups is 1. The van der Waals surface area contributed by atoms with Crippen molar-refractivity contribution in [3.8, 4) is 0 Å². The number of aromatic nitrogens is 1. The lowest BCUT2D eigenvalue weighted by Crippen LogP contribution is -2.21. The monoisotopic (exact) mass is 268 g/mol. The third-order valence-electron chi connectivity index (χ3n) is 2.29. The molecule has 0 atom stereocenters. The molecule has 6 heteroatoms. The third-order valence-corrected chi connectivity index (χ3v) is 2.48. The van der Waals surface area contributed by atoms with Crippen molar-refractivity contribution in [3.05, 3.63) is 24.0 Å². The minimum absolute atomic E-state index is 0.298. The molecule has 1 aromatic rings. The van der Waals surface area contributed by atoms with Gasteiger partial charge in [-0.15, -0.1) is 0 Å². The molecule has 0 saturated carbocycles. The highest BCUT2D eigenvalue weighted by Gasteiger charge is 2.04. The molecule has 100 valence electrons. The second kappa shape index (κ2) is 7.97. The van der Waals surface area contributed by atoms with Gasteiger partial charge in [-0.05, 0) is 26.2 Å². The minimum atomic E-state index is 0.298. The Morgan fingerprint density at radius 2 is 2.28 bits per heavy atom. The van der Waals surface area contributed by atoms with Gasteiger partial charge >= 0.3 is 0 Å². The van der Waals surface area contributed by atoms with Crippen LogP contribution < -0.4 is 11.1 Å². The van der Waals surface area contributed by atoms with Crippen molar-refractivity contribution in [1.29, 1.82) is 0 Å². The molecule has 0 aliphatic heterocycles. The predicted molar refractivity (Wildman–Crippen MR) is 78.0 cm³/mol. The predicted octanol–water partition coefficient (Wildman–Crippen LogP) is 0.706. The molecule has 0 aliphatic carbocycles. The van der Waals surface area contributed by atoms with E-state index in [4.69, 9.17) is 22.7 Å². The van der Waals surface area contributed by atoms with Gasteiger partial charge in [0, 0.05) is 19.3 Å². The maximum atomic E-state index is 5.59. The van der Waals surface area contributed by atoms with E-state index in [0.29, 0.717) is 23.8 Å². The van der Waals surface area contributed by atoms with Gasteiger partial charge in [0.1, 0.15) is 10.7 Å². The fourth-order valence-corrected chi connectivity index (χ4v) is 1.51. The van der Waals surface area contributed by atoms with Crippen molar-refractivity contribution in [2.24, 2.45) is 5.73 Å². The zero-order valence-corrected chi connectivity index (χ0v) is 11.7. The molecule has 18 heavy (non-hydrogen) atoms. The zero-order valence-electron chi connectivity index (χ0n) is 10.8. The molecule has 0 aromatic carbocycles. The molecule has 0 saturated heterocycles. The van der Waals surface area contributed by atoms with Crippen LogP contribution in [0.4, 0.5) is 5.69 Å². The molecule has 1 aromatic heterocycles. The van der Waals surface area contributed by atoms with Crippen LogP contribution >= 0.6 is 12.2 Å². The van der Waals surface area contributed by atoms with Crippen LogP contribution in [0.3, 0.4) is 0 Å². The van der Waals surface area contributed by atoms with Crippen molar-refractivity contribution in [1.82, 2.24) is 9.88 Å². The van der Waals surface area contributed by atoms with Gasteiger partial charge in [-0.1, -0.05) is 12.2 Å². The topological polar surface area (TPSA) is 63.4 Å². The fourth-order valence-electron chi connectivity index (χ4n) is 1.35. The molecule has 1 rings (SSSR count). The van der Waals surface area contributed by atoms with Crippen LogP contribution in [0.25, 0.3) is 0 Å². The first kappa shape index (κ1) is 14.8. The summed E-state index contributed by atoms with van der Waals surface area (Å²) in [4.78, 5) is 6.52. The summed E-state index contributed by atoms with van der Waals surface area (Å²) in [7, 11) is 4.04. The Kier molecular flexibility index (Phi) is 6.56. The Hall–Kier alpha value is -1.24. The largest absolute Gasteiger partial charge is 0.388 e. The van der Waals surface area contributed by atoms with Gasteiger partial charge in [0.25, 0.3) is 0 Å². The first-order valence-corrected chi connectivity index (χ1v) is 6.23. The maximum Gasteiger partial charge on any atom is 0.124 e. The van der Waals surface area contributed by atoms with Gasteiger partial charge in [-0.2, -0.15) is 0 Å². The smallest absolute Gasteiger partial charge is 0.124 e. The van der Waals surface area contributed by atoms with Gasteiger partial charge in [0.15, 0.2) is 0 Å². The van der Waals surface area contributed by atoms with Crippen molar-refractivity contribution < 1.29 is 4.74 Å². The normalized spacial score (nSPS) is 10.6. The third kappa shape index (κ3) is 5.39. The molecule has 0 unspecified atom stereocenters. The number of anilines is 1. The number of nitrogens with zero attached hydrogens (tertiary/aromatic N) is 2. The van der Waals surface area contributed by atoms with Crippen LogP contribution in [0.15, 0.2) is 18.3 Å². The Balaban J connectivity index is 2.29. The first-order valence-electron chi connectivity index (χ1n) is 5.82. The lowest BCUT2D eigenvalue weighted by molar-refractivity contribution is 0.126. The van der Waals surface area contributed by atoms with Gasteiger partial charge < -0.3 is 20.7 Å². The minimum Gasteiger partial charge on any atom is -0.388 e. The second-order valence-electron chi connectivity index (χ2n) is 4.11. The summed E-state index contributed by atoms with van der Waals surface area (Å²) in [6, 6.07) is 3.75. The van der Waals surface area contributed by atoms with Gasteiger partial charge in [0.05, 0.1) is 18.9 Å². The molecular weight excluding hydrogens is 248 g/mol. The quantitative estimate of drug-likeness (QED) is 0.535. The Morgan fingerprint density at radius 3 is 2.94 bits per heavy atom. The summed E-state index contributed by atoms with van der Waals surface area (Å²) in [6.07, 6.45) is 1.67. The molecule has 1 heterocycles. The summed E-state index contributed by atoms with van der Waals surface area (Å²) in [5.74, 6) is 0. The molecule has 0 fully saturated rings. The van der Waals surface area contributed by atoms with E-state index in [1.165, 1.54) is 0 Å². The van der Waals surface area contributed by atoms with E-state index in [9.17, 15) is 0 Å². The fraction of sp³-hybridized carbons (Fsp3) is 0.500. The molecular formula is C12H20N4OS. The van der Waals surface area contributed by atoms with E-state index in [2.05, 4.69) is 15.2 Å². The van der Waals surface area contributed by atoms with Gasteiger partial charge in [0.2, 0.25) is 0 Å². The Labute approximate surface area is 113 Å². The van der Waals surface area contributed by atoms with Crippen LogP contribution in [-0.4, -0.2) is 55.3 Å². The first-order chi connectivity index (χ1) is 8.61. The summed E-state index contributed by atoms with van der Waals surface area (Å²) in [5.41, 5.74) is 7.07. The summed E-state index contributed by atoms with van der Waals surface area (Å²) < 4.78 is 5.48. The highest BCUT2D eigenvalue weighted by Crippen LogP contribution is 2.11. The number of hydrogen-bond donors (Lipinski definition) is 2.